The molecule has 0 saturated carbocycles. The van der Waals surface area contributed by atoms with Gasteiger partial charge >= 0.3 is 0 Å². The van der Waals surface area contributed by atoms with E-state index in [4.69, 9.17) is 28.8 Å². The highest BCUT2D eigenvalue weighted by molar-refractivity contribution is 6.17. The van der Waals surface area contributed by atoms with Crippen molar-refractivity contribution < 1.29 is 14.4 Å². The van der Waals surface area contributed by atoms with Gasteiger partial charge in [-0.1, -0.05) is 52.0 Å². The minimum atomic E-state index is -1.53. The van der Waals surface area contributed by atoms with Crippen LogP contribution in [0.3, 0.4) is 0 Å². The van der Waals surface area contributed by atoms with Crippen molar-refractivity contribution in [1.82, 2.24) is 0 Å². The lowest BCUT2D eigenvalue weighted by molar-refractivity contribution is -0.150. The Morgan fingerprint density at radius 2 is 1.56 bits per heavy atom. The Kier molecular flexibility index (Phi) is 7.43. The van der Waals surface area contributed by atoms with Crippen molar-refractivity contribution in [3.05, 3.63) is 35.4 Å². The maximum absolute atomic E-state index is 12.8. The molecule has 0 bridgehead atoms. The summed E-state index contributed by atoms with van der Waals surface area (Å²) < 4.78 is 0. The number of rotatable bonds is 9. The monoisotopic (exact) mass is 395 g/mol. The van der Waals surface area contributed by atoms with Gasteiger partial charge in [-0.3, -0.25) is 14.4 Å². The zero-order chi connectivity index (χ0) is 21.0. The highest BCUT2D eigenvalue weighted by Crippen LogP contribution is 2.52. The molecule has 0 aromatic heterocycles. The van der Waals surface area contributed by atoms with Crippen LogP contribution in [0.1, 0.15) is 57.6 Å². The fourth-order valence-electron chi connectivity index (χ4n) is 4.31. The number of carbonyl (C=O) groups is 3. The smallest absolute Gasteiger partial charge is 0.225 e. The second-order valence-electron chi connectivity index (χ2n) is 8.09. The predicted molar refractivity (Wildman–Crippen MR) is 107 cm³/mol. The number of halogens is 1. The third-order valence-corrected chi connectivity index (χ3v) is 5.47. The number of primary amides is 3. The van der Waals surface area contributed by atoms with Crippen LogP contribution in [0.15, 0.2) is 24.3 Å². The van der Waals surface area contributed by atoms with Crippen molar-refractivity contribution in [2.24, 2.45) is 33.9 Å². The summed E-state index contributed by atoms with van der Waals surface area (Å²) in [7, 11) is 0. The number of hydrogen-bond donors (Lipinski definition) is 3. The van der Waals surface area contributed by atoms with Gasteiger partial charge in [0.15, 0.2) is 0 Å². The van der Waals surface area contributed by atoms with Gasteiger partial charge in [0.2, 0.25) is 17.7 Å². The molecule has 1 rings (SSSR count). The molecule has 3 atom stereocenters. The average molecular weight is 396 g/mol. The molecule has 150 valence electrons. The standard InChI is InChI=1S/C20H30ClN3O3/c1-5-14(13-8-6-12(11-21)7-9-13)20(18(24)27,10-15(22)25)16(17(23)26)19(2,3)4/h6-9,14,16H,5,10-11H2,1-4H3,(H2,22,25)(H2,23,26)(H2,24,27)/t14-,16?,20?/m1/s1. The van der Waals surface area contributed by atoms with E-state index < -0.39 is 40.4 Å². The molecule has 3 amide bonds. The van der Waals surface area contributed by atoms with E-state index in [1.165, 1.54) is 0 Å². The van der Waals surface area contributed by atoms with Crippen LogP contribution in [0, 0.1) is 16.7 Å². The minimum absolute atomic E-state index is 0.352. The van der Waals surface area contributed by atoms with Gasteiger partial charge in [0.25, 0.3) is 0 Å². The summed E-state index contributed by atoms with van der Waals surface area (Å²) in [6.07, 6.45) is 0.110. The van der Waals surface area contributed by atoms with Crippen molar-refractivity contribution in [2.45, 2.75) is 52.3 Å². The molecule has 7 heteroatoms. The Morgan fingerprint density at radius 3 is 1.85 bits per heavy atom. The molecule has 27 heavy (non-hydrogen) atoms. The Labute approximate surface area is 165 Å². The van der Waals surface area contributed by atoms with Crippen molar-refractivity contribution in [2.75, 3.05) is 0 Å². The van der Waals surface area contributed by atoms with E-state index in [2.05, 4.69) is 0 Å². The topological polar surface area (TPSA) is 129 Å². The van der Waals surface area contributed by atoms with Crippen molar-refractivity contribution in [1.29, 1.82) is 0 Å². The molecule has 0 saturated heterocycles. The van der Waals surface area contributed by atoms with E-state index in [1.54, 1.807) is 20.8 Å². The first-order chi connectivity index (χ1) is 12.4. The van der Waals surface area contributed by atoms with Gasteiger partial charge in [-0.15, -0.1) is 11.6 Å². The number of benzene rings is 1. The maximum atomic E-state index is 12.8. The Bertz CT molecular complexity index is 697. The fraction of sp³-hybridized carbons (Fsp3) is 0.550. The summed E-state index contributed by atoms with van der Waals surface area (Å²) >= 11 is 5.86. The molecule has 0 aliphatic heterocycles. The Balaban J connectivity index is 3.78. The molecule has 1 aromatic carbocycles. The minimum Gasteiger partial charge on any atom is -0.370 e. The van der Waals surface area contributed by atoms with E-state index in [0.29, 0.717) is 12.3 Å². The van der Waals surface area contributed by atoms with Crippen molar-refractivity contribution in [3.63, 3.8) is 0 Å². The van der Waals surface area contributed by atoms with Crippen molar-refractivity contribution in [3.8, 4) is 0 Å². The molecule has 0 radical (unpaired) electrons. The quantitative estimate of drug-likeness (QED) is 0.555. The first-order valence-corrected chi connectivity index (χ1v) is 9.47. The lowest BCUT2D eigenvalue weighted by atomic mass is 9.54. The van der Waals surface area contributed by atoms with Gasteiger partial charge in [0, 0.05) is 12.3 Å². The van der Waals surface area contributed by atoms with Gasteiger partial charge < -0.3 is 17.2 Å². The summed E-state index contributed by atoms with van der Waals surface area (Å²) in [5.41, 5.74) is 16.5. The van der Waals surface area contributed by atoms with Crippen LogP contribution in [0.25, 0.3) is 0 Å². The molecule has 0 heterocycles. The molecule has 0 aliphatic carbocycles. The van der Waals surface area contributed by atoms with E-state index >= 15 is 0 Å². The average Bonchev–Trinajstić information content (AvgIpc) is 2.53. The van der Waals surface area contributed by atoms with Gasteiger partial charge in [-0.25, -0.2) is 0 Å². The Morgan fingerprint density at radius 1 is 1.04 bits per heavy atom. The highest BCUT2D eigenvalue weighted by atomic mass is 35.5. The van der Waals surface area contributed by atoms with E-state index in [1.807, 2.05) is 31.2 Å². The number of amides is 3. The van der Waals surface area contributed by atoms with Crippen LogP contribution in [-0.4, -0.2) is 17.7 Å². The summed E-state index contributed by atoms with van der Waals surface area (Å²) in [5.74, 6) is -3.28. The number of carbonyl (C=O) groups excluding carboxylic acids is 3. The first-order valence-electron chi connectivity index (χ1n) is 8.94. The highest BCUT2D eigenvalue weighted by Gasteiger charge is 2.57. The molecule has 6 nitrogen and oxygen atoms in total. The molecular formula is C20H30ClN3O3. The zero-order valence-corrected chi connectivity index (χ0v) is 17.2. The normalized spacial score (nSPS) is 16.2. The van der Waals surface area contributed by atoms with Gasteiger partial charge in [-0.05, 0) is 28.9 Å². The van der Waals surface area contributed by atoms with E-state index in [-0.39, 0.29) is 6.42 Å². The lowest BCUT2D eigenvalue weighted by Gasteiger charge is -2.47. The van der Waals surface area contributed by atoms with Crippen LogP contribution in [-0.2, 0) is 20.3 Å². The number of nitrogens with two attached hydrogens (primary N) is 3. The van der Waals surface area contributed by atoms with Gasteiger partial charge in [0.1, 0.15) is 0 Å². The van der Waals surface area contributed by atoms with E-state index in [0.717, 1.165) is 11.1 Å². The maximum Gasteiger partial charge on any atom is 0.225 e. The predicted octanol–water partition coefficient (Wildman–Crippen LogP) is 2.41. The molecule has 0 spiro atoms. The third-order valence-electron chi connectivity index (χ3n) is 5.16. The molecule has 0 fully saturated rings. The molecule has 0 aliphatic rings. The summed E-state index contributed by atoms with van der Waals surface area (Å²) in [4.78, 5) is 37.3. The second kappa shape index (κ2) is 8.74. The summed E-state index contributed by atoms with van der Waals surface area (Å²) in [5, 5.41) is 0. The van der Waals surface area contributed by atoms with E-state index in [9.17, 15) is 14.4 Å². The molecule has 1 aromatic rings. The summed E-state index contributed by atoms with van der Waals surface area (Å²) in [6.45, 7) is 7.26. The third kappa shape index (κ3) is 4.80. The van der Waals surface area contributed by atoms with Crippen molar-refractivity contribution >= 4 is 29.3 Å². The largest absolute Gasteiger partial charge is 0.370 e. The Hall–Kier alpha value is -2.08. The number of alkyl halides is 1. The van der Waals surface area contributed by atoms with Gasteiger partial charge in [0.05, 0.1) is 11.3 Å². The molecule has 2 unspecified atom stereocenters. The SMILES string of the molecule is CC[C@H](c1ccc(CCl)cc1)C(CC(N)=O)(C(N)=O)C(C(N)=O)C(C)(C)C. The van der Waals surface area contributed by atoms with Crippen LogP contribution in [0.4, 0.5) is 0 Å². The molecular weight excluding hydrogens is 366 g/mol. The zero-order valence-electron chi connectivity index (χ0n) is 16.4. The van der Waals surface area contributed by atoms with Crippen LogP contribution in [0.5, 0.6) is 0 Å². The van der Waals surface area contributed by atoms with Crippen LogP contribution >= 0.6 is 11.6 Å². The van der Waals surface area contributed by atoms with Crippen LogP contribution < -0.4 is 17.2 Å². The fourth-order valence-corrected chi connectivity index (χ4v) is 4.48. The van der Waals surface area contributed by atoms with Crippen LogP contribution in [0.2, 0.25) is 0 Å². The molecule has 6 N–H and O–H groups in total. The number of hydrogen-bond acceptors (Lipinski definition) is 3. The first kappa shape index (κ1) is 23.0. The van der Waals surface area contributed by atoms with Gasteiger partial charge in [-0.2, -0.15) is 0 Å². The second-order valence-corrected chi connectivity index (χ2v) is 8.35. The lowest BCUT2D eigenvalue weighted by Crippen LogP contribution is -2.57. The summed E-state index contributed by atoms with van der Waals surface area (Å²) in [6, 6.07) is 7.37.